The van der Waals surface area contributed by atoms with Crippen LogP contribution in [0.3, 0.4) is 0 Å². The molecule has 0 radical (unpaired) electrons. The first kappa shape index (κ1) is 23.4. The summed E-state index contributed by atoms with van der Waals surface area (Å²) in [6, 6.07) is 13.2. The fourth-order valence-electron chi connectivity index (χ4n) is 3.69. The fourth-order valence-corrected chi connectivity index (χ4v) is 5.03. The van der Waals surface area contributed by atoms with Crippen LogP contribution in [0.4, 0.5) is 17.1 Å². The van der Waals surface area contributed by atoms with Gasteiger partial charge in [0, 0.05) is 42.6 Å². The van der Waals surface area contributed by atoms with Crippen LogP contribution >= 0.6 is 11.6 Å². The molecule has 7 nitrogen and oxygen atoms in total. The van der Waals surface area contributed by atoms with Crippen molar-refractivity contribution in [2.75, 3.05) is 54.0 Å². The van der Waals surface area contributed by atoms with Crippen LogP contribution < -0.4 is 14.5 Å². The number of carbonyl (C=O) groups is 1. The molecule has 0 saturated carbocycles. The lowest BCUT2D eigenvalue weighted by atomic mass is 10.1. The van der Waals surface area contributed by atoms with Gasteiger partial charge in [0.15, 0.2) is 0 Å². The minimum absolute atomic E-state index is 0.320. The molecule has 0 spiro atoms. The monoisotopic (exact) mass is 464 g/mol. The van der Waals surface area contributed by atoms with E-state index in [4.69, 9.17) is 11.6 Å². The van der Waals surface area contributed by atoms with Crippen LogP contribution in [0.15, 0.2) is 48.5 Å². The van der Waals surface area contributed by atoms with E-state index in [0.29, 0.717) is 22.8 Å². The van der Waals surface area contributed by atoms with E-state index in [1.165, 1.54) is 0 Å². The summed E-state index contributed by atoms with van der Waals surface area (Å²) >= 11 is 5.94. The fraction of sp³-hybridized carbons (Fsp3) is 0.409. The number of rotatable bonds is 7. The zero-order valence-electron chi connectivity index (χ0n) is 18.1. The van der Waals surface area contributed by atoms with Crippen LogP contribution in [0.1, 0.15) is 13.3 Å². The van der Waals surface area contributed by atoms with Gasteiger partial charge in [0.25, 0.3) is 0 Å². The van der Waals surface area contributed by atoms with Crippen molar-refractivity contribution in [2.45, 2.75) is 19.4 Å². The first-order valence-corrected chi connectivity index (χ1v) is 12.5. The van der Waals surface area contributed by atoms with E-state index in [-0.39, 0.29) is 5.91 Å². The molecule has 1 saturated heterocycles. The van der Waals surface area contributed by atoms with E-state index in [1.54, 1.807) is 31.2 Å². The number of hydrogen-bond donors (Lipinski definition) is 1. The number of nitrogens with one attached hydrogen (secondary N) is 1. The number of sulfonamides is 1. The van der Waals surface area contributed by atoms with Crippen molar-refractivity contribution in [3.63, 3.8) is 0 Å². The number of likely N-dealkylation sites (N-methyl/N-ethyl adjacent to an activating group) is 1. The molecule has 0 aliphatic carbocycles. The maximum atomic E-state index is 13.0. The summed E-state index contributed by atoms with van der Waals surface area (Å²) in [5, 5.41) is 3.36. The molecule has 168 valence electrons. The van der Waals surface area contributed by atoms with E-state index in [2.05, 4.69) is 22.2 Å². The molecular weight excluding hydrogens is 436 g/mol. The summed E-state index contributed by atoms with van der Waals surface area (Å²) in [6.45, 7) is 5.75. The van der Waals surface area contributed by atoms with E-state index in [1.807, 2.05) is 24.3 Å². The normalized spacial score (nSPS) is 16.1. The van der Waals surface area contributed by atoms with Crippen molar-refractivity contribution in [1.82, 2.24) is 4.90 Å². The van der Waals surface area contributed by atoms with Gasteiger partial charge in [-0.25, -0.2) is 8.42 Å². The van der Waals surface area contributed by atoms with Gasteiger partial charge in [0.1, 0.15) is 6.04 Å². The number of amides is 1. The largest absolute Gasteiger partial charge is 0.369 e. The van der Waals surface area contributed by atoms with Crippen molar-refractivity contribution in [3.8, 4) is 0 Å². The number of piperazine rings is 1. The molecule has 1 N–H and O–H groups in total. The summed E-state index contributed by atoms with van der Waals surface area (Å²) in [4.78, 5) is 17.6. The van der Waals surface area contributed by atoms with Crippen molar-refractivity contribution >= 4 is 44.6 Å². The lowest BCUT2D eigenvalue weighted by molar-refractivity contribution is -0.117. The van der Waals surface area contributed by atoms with E-state index in [0.717, 1.165) is 42.4 Å². The van der Waals surface area contributed by atoms with Crippen molar-refractivity contribution < 1.29 is 13.2 Å². The van der Waals surface area contributed by atoms with Gasteiger partial charge in [0.2, 0.25) is 15.9 Å². The van der Waals surface area contributed by atoms with Gasteiger partial charge in [-0.05, 0) is 62.0 Å². The van der Waals surface area contributed by atoms with Gasteiger partial charge in [-0.3, -0.25) is 9.10 Å². The smallest absolute Gasteiger partial charge is 0.248 e. The lowest BCUT2D eigenvalue weighted by Crippen LogP contribution is -2.47. The molecular formula is C22H29ClN4O3S. The first-order chi connectivity index (χ1) is 14.7. The van der Waals surface area contributed by atoms with Crippen LogP contribution in [-0.2, 0) is 14.8 Å². The number of benzene rings is 2. The predicted molar refractivity (Wildman–Crippen MR) is 128 cm³/mol. The Hall–Kier alpha value is -2.29. The molecule has 9 heteroatoms. The maximum Gasteiger partial charge on any atom is 0.248 e. The van der Waals surface area contributed by atoms with Crippen LogP contribution in [0.2, 0.25) is 5.02 Å². The van der Waals surface area contributed by atoms with E-state index >= 15 is 0 Å². The molecule has 2 aromatic rings. The van der Waals surface area contributed by atoms with Crippen molar-refractivity contribution in [2.24, 2.45) is 0 Å². The van der Waals surface area contributed by atoms with Gasteiger partial charge in [0.05, 0.1) is 11.9 Å². The average Bonchev–Trinajstić information content (AvgIpc) is 2.73. The predicted octanol–water partition coefficient (Wildman–Crippen LogP) is 3.28. The molecule has 1 heterocycles. The second-order valence-electron chi connectivity index (χ2n) is 7.79. The number of anilines is 3. The summed E-state index contributed by atoms with van der Waals surface area (Å²) in [7, 11) is -1.57. The summed E-state index contributed by atoms with van der Waals surface area (Å²) < 4.78 is 26.2. The Labute approximate surface area is 189 Å². The first-order valence-electron chi connectivity index (χ1n) is 10.3. The van der Waals surface area contributed by atoms with Gasteiger partial charge in [-0.1, -0.05) is 18.5 Å². The molecule has 1 aliphatic heterocycles. The standard InChI is InChI=1S/C22H29ClN4O3S/c1-4-21(27(31(3,29)30)20-9-5-17(23)6-10-20)22(28)24-18-7-11-19(12-8-18)26-15-13-25(2)14-16-26/h5-12,21H,4,13-16H2,1-3H3,(H,24,28). The number of hydrogen-bond acceptors (Lipinski definition) is 5. The van der Waals surface area contributed by atoms with Gasteiger partial charge >= 0.3 is 0 Å². The SMILES string of the molecule is CCC(C(=O)Nc1ccc(N2CCN(C)CC2)cc1)N(c1ccc(Cl)cc1)S(C)(=O)=O. The second kappa shape index (κ2) is 9.89. The van der Waals surface area contributed by atoms with Crippen LogP contribution in [-0.4, -0.2) is 64.7 Å². The minimum Gasteiger partial charge on any atom is -0.369 e. The highest BCUT2D eigenvalue weighted by atomic mass is 35.5. The molecule has 1 amide bonds. The van der Waals surface area contributed by atoms with Crippen LogP contribution in [0.25, 0.3) is 0 Å². The Bertz CT molecular complexity index is 988. The Balaban J connectivity index is 1.75. The summed E-state index contributed by atoms with van der Waals surface area (Å²) in [5.74, 6) is -0.379. The van der Waals surface area contributed by atoms with E-state index < -0.39 is 16.1 Å². The molecule has 0 bridgehead atoms. The third-order valence-electron chi connectivity index (χ3n) is 5.41. The van der Waals surface area contributed by atoms with Crippen molar-refractivity contribution in [1.29, 1.82) is 0 Å². The lowest BCUT2D eigenvalue weighted by Gasteiger charge is -2.34. The molecule has 1 aliphatic rings. The summed E-state index contributed by atoms with van der Waals surface area (Å²) in [6.07, 6.45) is 1.42. The Morgan fingerprint density at radius 1 is 1.06 bits per heavy atom. The van der Waals surface area contributed by atoms with Gasteiger partial charge in [-0.15, -0.1) is 0 Å². The Kier molecular flexibility index (Phi) is 7.46. The third-order valence-corrected chi connectivity index (χ3v) is 6.85. The molecule has 1 unspecified atom stereocenters. The quantitative estimate of drug-likeness (QED) is 0.680. The number of carbonyl (C=O) groups excluding carboxylic acids is 1. The Morgan fingerprint density at radius 3 is 2.16 bits per heavy atom. The molecule has 0 aromatic heterocycles. The molecule has 2 aromatic carbocycles. The minimum atomic E-state index is -3.69. The second-order valence-corrected chi connectivity index (χ2v) is 10.1. The van der Waals surface area contributed by atoms with Crippen LogP contribution in [0, 0.1) is 0 Å². The highest BCUT2D eigenvalue weighted by Crippen LogP contribution is 2.25. The van der Waals surface area contributed by atoms with E-state index in [9.17, 15) is 13.2 Å². The highest BCUT2D eigenvalue weighted by Gasteiger charge is 2.31. The van der Waals surface area contributed by atoms with Gasteiger partial charge < -0.3 is 15.1 Å². The highest BCUT2D eigenvalue weighted by molar-refractivity contribution is 7.92. The molecule has 1 atom stereocenters. The van der Waals surface area contributed by atoms with Crippen molar-refractivity contribution in [3.05, 3.63) is 53.6 Å². The van der Waals surface area contributed by atoms with Crippen LogP contribution in [0.5, 0.6) is 0 Å². The summed E-state index contributed by atoms with van der Waals surface area (Å²) in [5.41, 5.74) is 2.14. The maximum absolute atomic E-state index is 13.0. The average molecular weight is 465 g/mol. The number of halogens is 1. The third kappa shape index (κ3) is 5.90. The number of nitrogens with zero attached hydrogens (tertiary/aromatic N) is 3. The van der Waals surface area contributed by atoms with Gasteiger partial charge in [-0.2, -0.15) is 0 Å². The Morgan fingerprint density at radius 2 is 1.65 bits per heavy atom. The zero-order valence-corrected chi connectivity index (χ0v) is 19.7. The topological polar surface area (TPSA) is 73.0 Å². The molecule has 3 rings (SSSR count). The zero-order chi connectivity index (χ0) is 22.6. The molecule has 31 heavy (non-hydrogen) atoms. The molecule has 1 fully saturated rings.